The Labute approximate surface area is 146 Å². The fourth-order valence-electron chi connectivity index (χ4n) is 2.63. The Bertz CT molecular complexity index is 978. The number of hydrogen-bond acceptors (Lipinski definition) is 3. The number of imidazole rings is 1. The van der Waals surface area contributed by atoms with Gasteiger partial charge in [-0.2, -0.15) is 4.31 Å². The molecule has 7 heteroatoms. The van der Waals surface area contributed by atoms with E-state index in [9.17, 15) is 8.42 Å². The van der Waals surface area contributed by atoms with E-state index in [1.165, 1.54) is 4.31 Å². The van der Waals surface area contributed by atoms with Crippen molar-refractivity contribution < 1.29 is 8.42 Å². The van der Waals surface area contributed by atoms with Gasteiger partial charge < -0.3 is 4.40 Å². The third-order valence-corrected chi connectivity index (χ3v) is 6.16. The summed E-state index contributed by atoms with van der Waals surface area (Å²) in [5.74, 6) is 0. The van der Waals surface area contributed by atoms with Gasteiger partial charge in [-0.05, 0) is 24.3 Å². The van der Waals surface area contributed by atoms with Crippen LogP contribution in [0.25, 0.3) is 16.9 Å². The largest absolute Gasteiger partial charge is 0.305 e. The van der Waals surface area contributed by atoms with Crippen LogP contribution < -0.4 is 0 Å². The Morgan fingerprint density at radius 3 is 2.58 bits per heavy atom. The number of aromatic nitrogens is 2. The summed E-state index contributed by atoms with van der Waals surface area (Å²) in [5.41, 5.74) is 2.21. The van der Waals surface area contributed by atoms with Crippen molar-refractivity contribution in [1.82, 2.24) is 13.7 Å². The Balaban J connectivity index is 2.06. The Morgan fingerprint density at radius 1 is 1.12 bits per heavy atom. The van der Waals surface area contributed by atoms with Crippen LogP contribution >= 0.6 is 11.6 Å². The minimum absolute atomic E-state index is 0.277. The number of sulfonamides is 1. The highest BCUT2D eigenvalue weighted by molar-refractivity contribution is 7.89. The molecule has 0 unspecified atom stereocenters. The van der Waals surface area contributed by atoms with Gasteiger partial charge in [-0.25, -0.2) is 13.4 Å². The number of hydrogen-bond donors (Lipinski definition) is 0. The Kier molecular flexibility index (Phi) is 4.62. The maximum Gasteiger partial charge on any atom is 0.243 e. The fraction of sp³-hybridized carbons (Fsp3) is 0.235. The zero-order valence-corrected chi connectivity index (χ0v) is 15.0. The van der Waals surface area contributed by atoms with Gasteiger partial charge in [0.25, 0.3) is 0 Å². The van der Waals surface area contributed by atoms with Crippen LogP contribution in [0.2, 0.25) is 5.02 Å². The van der Waals surface area contributed by atoms with E-state index in [2.05, 4.69) is 4.98 Å². The van der Waals surface area contributed by atoms with Crippen LogP contribution in [0.5, 0.6) is 0 Å². The van der Waals surface area contributed by atoms with Gasteiger partial charge in [0.15, 0.2) is 0 Å². The van der Waals surface area contributed by atoms with Crippen LogP contribution in [-0.2, 0) is 10.0 Å². The average Bonchev–Trinajstić information content (AvgIpc) is 2.99. The third-order valence-electron chi connectivity index (χ3n) is 3.89. The standard InChI is InChI=1S/C17H18ClN3O2S/c1-3-21(4-2)24(22,23)15-7-5-6-13(10-15)16-12-20-11-14(18)8-9-17(20)19-16/h5-12H,3-4H2,1-2H3. The molecule has 24 heavy (non-hydrogen) atoms. The summed E-state index contributed by atoms with van der Waals surface area (Å²) in [4.78, 5) is 4.80. The molecule has 0 amide bonds. The summed E-state index contributed by atoms with van der Waals surface area (Å²) in [6, 6.07) is 10.5. The molecule has 126 valence electrons. The van der Waals surface area contributed by atoms with Crippen LogP contribution in [0.15, 0.2) is 53.7 Å². The second-order valence-corrected chi connectivity index (χ2v) is 7.73. The molecule has 1 aromatic carbocycles. The van der Waals surface area contributed by atoms with Gasteiger partial charge in [0, 0.05) is 31.0 Å². The zero-order valence-electron chi connectivity index (χ0n) is 13.5. The van der Waals surface area contributed by atoms with Crippen LogP contribution in [-0.4, -0.2) is 35.2 Å². The third kappa shape index (κ3) is 3.05. The summed E-state index contributed by atoms with van der Waals surface area (Å²) in [6.07, 6.45) is 3.61. The fourth-order valence-corrected chi connectivity index (χ4v) is 4.30. The van der Waals surface area contributed by atoms with Crippen molar-refractivity contribution in [2.45, 2.75) is 18.7 Å². The Morgan fingerprint density at radius 2 is 1.88 bits per heavy atom. The van der Waals surface area contributed by atoms with Crippen molar-refractivity contribution in [2.24, 2.45) is 0 Å². The van der Waals surface area contributed by atoms with Gasteiger partial charge in [-0.15, -0.1) is 0 Å². The van der Waals surface area contributed by atoms with Crippen LogP contribution in [0, 0.1) is 0 Å². The molecule has 0 radical (unpaired) electrons. The lowest BCUT2D eigenvalue weighted by Crippen LogP contribution is -2.30. The van der Waals surface area contributed by atoms with Gasteiger partial charge in [-0.3, -0.25) is 0 Å². The van der Waals surface area contributed by atoms with E-state index in [1.54, 1.807) is 30.5 Å². The molecular weight excluding hydrogens is 346 g/mol. The normalized spacial score (nSPS) is 12.2. The van der Waals surface area contributed by atoms with E-state index in [4.69, 9.17) is 11.6 Å². The minimum atomic E-state index is -3.49. The Hall–Kier alpha value is -1.89. The molecule has 5 nitrogen and oxygen atoms in total. The summed E-state index contributed by atoms with van der Waals surface area (Å²) in [6.45, 7) is 4.54. The lowest BCUT2D eigenvalue weighted by Gasteiger charge is -2.18. The quantitative estimate of drug-likeness (QED) is 0.694. The van der Waals surface area contributed by atoms with E-state index >= 15 is 0 Å². The number of fused-ring (bicyclic) bond motifs is 1. The molecule has 0 saturated heterocycles. The molecule has 0 aliphatic rings. The summed E-state index contributed by atoms with van der Waals surface area (Å²) < 4.78 is 28.6. The van der Waals surface area contributed by atoms with Crippen LogP contribution in [0.3, 0.4) is 0 Å². The number of benzene rings is 1. The molecule has 0 atom stereocenters. The van der Waals surface area contributed by atoms with Crippen molar-refractivity contribution in [3.8, 4) is 11.3 Å². The number of rotatable bonds is 5. The van der Waals surface area contributed by atoms with Gasteiger partial charge in [0.2, 0.25) is 10.0 Å². The topological polar surface area (TPSA) is 54.7 Å². The first-order valence-electron chi connectivity index (χ1n) is 7.70. The summed E-state index contributed by atoms with van der Waals surface area (Å²) >= 11 is 5.99. The maximum absolute atomic E-state index is 12.7. The van der Waals surface area contributed by atoms with Gasteiger partial charge in [0.05, 0.1) is 15.6 Å². The first-order valence-corrected chi connectivity index (χ1v) is 9.52. The number of halogens is 1. The predicted molar refractivity (Wildman–Crippen MR) is 95.7 cm³/mol. The lowest BCUT2D eigenvalue weighted by molar-refractivity contribution is 0.445. The maximum atomic E-state index is 12.7. The molecular formula is C17H18ClN3O2S. The SMILES string of the molecule is CCN(CC)S(=O)(=O)c1cccc(-c2cn3cc(Cl)ccc3n2)c1. The van der Waals surface area contributed by atoms with Crippen molar-refractivity contribution >= 4 is 27.3 Å². The van der Waals surface area contributed by atoms with Gasteiger partial charge in [0.1, 0.15) is 5.65 Å². The highest BCUT2D eigenvalue weighted by Gasteiger charge is 2.22. The van der Waals surface area contributed by atoms with Gasteiger partial charge in [-0.1, -0.05) is 37.6 Å². The summed E-state index contributed by atoms with van der Waals surface area (Å²) in [5, 5.41) is 0.615. The van der Waals surface area contributed by atoms with Crippen molar-refractivity contribution in [1.29, 1.82) is 0 Å². The number of nitrogens with zero attached hydrogens (tertiary/aromatic N) is 3. The molecule has 3 aromatic rings. The smallest absolute Gasteiger partial charge is 0.243 e. The molecule has 0 saturated carbocycles. The average molecular weight is 364 g/mol. The minimum Gasteiger partial charge on any atom is -0.305 e. The van der Waals surface area contributed by atoms with E-state index in [0.717, 1.165) is 11.2 Å². The predicted octanol–water partition coefficient (Wildman–Crippen LogP) is 3.69. The van der Waals surface area contributed by atoms with E-state index < -0.39 is 10.0 Å². The van der Waals surface area contributed by atoms with Crippen molar-refractivity contribution in [3.63, 3.8) is 0 Å². The molecule has 2 heterocycles. The second-order valence-electron chi connectivity index (χ2n) is 5.36. The molecule has 0 bridgehead atoms. The lowest BCUT2D eigenvalue weighted by atomic mass is 10.2. The monoisotopic (exact) mass is 363 g/mol. The molecule has 3 rings (SSSR count). The first kappa shape index (κ1) is 17.0. The van der Waals surface area contributed by atoms with Crippen molar-refractivity contribution in [2.75, 3.05) is 13.1 Å². The summed E-state index contributed by atoms with van der Waals surface area (Å²) in [7, 11) is -3.49. The molecule has 0 N–H and O–H groups in total. The van der Waals surface area contributed by atoms with Crippen LogP contribution in [0.1, 0.15) is 13.8 Å². The zero-order chi connectivity index (χ0) is 17.3. The molecule has 0 spiro atoms. The van der Waals surface area contributed by atoms with E-state index in [1.807, 2.05) is 36.6 Å². The van der Waals surface area contributed by atoms with E-state index in [0.29, 0.717) is 23.8 Å². The van der Waals surface area contributed by atoms with Crippen molar-refractivity contribution in [3.05, 3.63) is 53.8 Å². The highest BCUT2D eigenvalue weighted by atomic mass is 35.5. The van der Waals surface area contributed by atoms with Crippen LogP contribution in [0.4, 0.5) is 0 Å². The molecule has 2 aromatic heterocycles. The second kappa shape index (κ2) is 6.55. The first-order chi connectivity index (χ1) is 11.5. The molecule has 0 aliphatic carbocycles. The number of pyridine rings is 1. The highest BCUT2D eigenvalue weighted by Crippen LogP contribution is 2.24. The molecule has 0 aliphatic heterocycles. The molecule has 0 fully saturated rings. The van der Waals surface area contributed by atoms with E-state index in [-0.39, 0.29) is 4.90 Å². The van der Waals surface area contributed by atoms with Gasteiger partial charge >= 0.3 is 0 Å².